The van der Waals surface area contributed by atoms with Crippen molar-refractivity contribution in [2.24, 2.45) is 5.92 Å². The fourth-order valence-electron chi connectivity index (χ4n) is 5.29. The van der Waals surface area contributed by atoms with E-state index in [2.05, 4.69) is 25.8 Å². The number of thiocarbonyl (C=S) groups is 1. The number of benzene rings is 2. The topological polar surface area (TPSA) is 98.8 Å². The van der Waals surface area contributed by atoms with Crippen molar-refractivity contribution in [3.63, 3.8) is 0 Å². The third kappa shape index (κ3) is 8.91. The molecule has 3 amide bonds. The number of ether oxygens (including phenoxy) is 1. The zero-order valence-electron chi connectivity index (χ0n) is 23.7. The van der Waals surface area contributed by atoms with Gasteiger partial charge < -0.3 is 30.5 Å². The van der Waals surface area contributed by atoms with E-state index in [0.29, 0.717) is 35.9 Å². The molecule has 1 aromatic heterocycles. The molecule has 2 saturated heterocycles. The van der Waals surface area contributed by atoms with Crippen LogP contribution < -0.4 is 20.7 Å². The van der Waals surface area contributed by atoms with Crippen LogP contribution in [-0.2, 0) is 11.2 Å². The quantitative estimate of drug-likeness (QED) is 0.289. The first-order chi connectivity index (χ1) is 20.8. The summed E-state index contributed by atoms with van der Waals surface area (Å²) in [5.41, 5.74) is 1.42. The zero-order valence-corrected chi connectivity index (χ0v) is 24.5. The molecule has 2 aliphatic heterocycles. The Morgan fingerprint density at radius 2 is 1.65 bits per heavy atom. The van der Waals surface area contributed by atoms with Gasteiger partial charge in [0.25, 0.3) is 0 Å². The summed E-state index contributed by atoms with van der Waals surface area (Å²) in [5.74, 6) is -0.803. The first-order valence-electron chi connectivity index (χ1n) is 14.4. The van der Waals surface area contributed by atoms with E-state index in [1.54, 1.807) is 6.07 Å². The highest BCUT2D eigenvalue weighted by Gasteiger charge is 2.25. The van der Waals surface area contributed by atoms with E-state index in [-0.39, 0.29) is 35.0 Å². The van der Waals surface area contributed by atoms with Gasteiger partial charge in [-0.2, -0.15) is 0 Å². The lowest BCUT2D eigenvalue weighted by Crippen LogP contribution is -2.43. The maximum atomic E-state index is 14.8. The molecule has 0 atom stereocenters. The van der Waals surface area contributed by atoms with Gasteiger partial charge in [-0.1, -0.05) is 12.1 Å². The normalized spacial score (nSPS) is 15.6. The lowest BCUT2D eigenvalue weighted by Gasteiger charge is -2.33. The van der Waals surface area contributed by atoms with Crippen LogP contribution in [0.25, 0.3) is 0 Å². The fraction of sp³-hybridized carbons (Fsp3) is 0.355. The van der Waals surface area contributed by atoms with Crippen molar-refractivity contribution in [2.45, 2.75) is 32.1 Å². The highest BCUT2D eigenvalue weighted by Crippen LogP contribution is 2.27. The van der Waals surface area contributed by atoms with E-state index >= 15 is 0 Å². The van der Waals surface area contributed by atoms with Gasteiger partial charge in [0.2, 0.25) is 11.8 Å². The summed E-state index contributed by atoms with van der Waals surface area (Å²) in [4.78, 5) is 33.6. The molecule has 0 spiro atoms. The number of amides is 3. The van der Waals surface area contributed by atoms with Crippen molar-refractivity contribution in [1.82, 2.24) is 20.1 Å². The Morgan fingerprint density at radius 3 is 2.37 bits per heavy atom. The number of halogens is 2. The third-order valence-corrected chi connectivity index (χ3v) is 7.74. The molecule has 226 valence electrons. The summed E-state index contributed by atoms with van der Waals surface area (Å²) < 4.78 is 33.5. The molecule has 3 aromatic rings. The van der Waals surface area contributed by atoms with Gasteiger partial charge >= 0.3 is 6.03 Å². The Hall–Kier alpha value is -4.16. The Labute approximate surface area is 254 Å². The van der Waals surface area contributed by atoms with Gasteiger partial charge in [0, 0.05) is 49.3 Å². The minimum atomic E-state index is -0.682. The molecule has 2 aromatic carbocycles. The highest BCUT2D eigenvalue weighted by molar-refractivity contribution is 7.80. The molecule has 0 bridgehead atoms. The Kier molecular flexibility index (Phi) is 10.1. The number of nitrogens with zero attached hydrogens (tertiary/aromatic N) is 3. The highest BCUT2D eigenvalue weighted by atomic mass is 32.1. The van der Waals surface area contributed by atoms with E-state index in [1.807, 2.05) is 4.90 Å². The Morgan fingerprint density at radius 1 is 0.930 bits per heavy atom. The van der Waals surface area contributed by atoms with Gasteiger partial charge in [0.05, 0.1) is 6.42 Å². The first kappa shape index (κ1) is 30.3. The van der Waals surface area contributed by atoms with Crippen LogP contribution in [0.4, 0.5) is 25.0 Å². The lowest BCUT2D eigenvalue weighted by atomic mass is 9.96. The fourth-order valence-corrected chi connectivity index (χ4v) is 5.52. The van der Waals surface area contributed by atoms with Crippen molar-refractivity contribution in [1.29, 1.82) is 0 Å². The van der Waals surface area contributed by atoms with Gasteiger partial charge in [0.15, 0.2) is 16.7 Å². The number of rotatable bonds is 8. The Balaban J connectivity index is 1.09. The van der Waals surface area contributed by atoms with Crippen LogP contribution in [-0.4, -0.2) is 64.6 Å². The molecule has 0 saturated carbocycles. The predicted molar refractivity (Wildman–Crippen MR) is 164 cm³/mol. The number of carbonyl (C=O) groups is 2. The van der Waals surface area contributed by atoms with E-state index < -0.39 is 11.7 Å². The summed E-state index contributed by atoms with van der Waals surface area (Å²) >= 11 is 5.15. The van der Waals surface area contributed by atoms with Crippen LogP contribution in [0.15, 0.2) is 60.8 Å². The number of nitrogens with one attached hydrogen (secondary N) is 3. The van der Waals surface area contributed by atoms with Crippen LogP contribution >= 0.6 is 12.2 Å². The smallest absolute Gasteiger partial charge is 0.321 e. The summed E-state index contributed by atoms with van der Waals surface area (Å²) in [6, 6.07) is 12.7. The number of pyridine rings is 1. The lowest BCUT2D eigenvalue weighted by molar-refractivity contribution is -0.119. The van der Waals surface area contributed by atoms with Crippen LogP contribution in [0.2, 0.25) is 0 Å². The number of aromatic nitrogens is 1. The van der Waals surface area contributed by atoms with Crippen molar-refractivity contribution >= 4 is 40.6 Å². The van der Waals surface area contributed by atoms with E-state index in [0.717, 1.165) is 19.4 Å². The molecule has 5 rings (SSSR count). The van der Waals surface area contributed by atoms with Crippen molar-refractivity contribution in [3.05, 3.63) is 78.0 Å². The summed E-state index contributed by atoms with van der Waals surface area (Å²) in [7, 11) is 0. The molecule has 0 aliphatic carbocycles. The van der Waals surface area contributed by atoms with E-state index in [9.17, 15) is 18.4 Å². The van der Waals surface area contributed by atoms with Gasteiger partial charge in [-0.05, 0) is 92.8 Å². The van der Waals surface area contributed by atoms with Crippen molar-refractivity contribution < 1.29 is 23.1 Å². The molecule has 43 heavy (non-hydrogen) atoms. The molecular weight excluding hydrogens is 574 g/mol. The van der Waals surface area contributed by atoms with Crippen molar-refractivity contribution in [3.8, 4) is 11.6 Å². The second-order valence-electron chi connectivity index (χ2n) is 10.8. The predicted octanol–water partition coefficient (Wildman–Crippen LogP) is 5.55. The zero-order chi connectivity index (χ0) is 30.2. The third-order valence-electron chi connectivity index (χ3n) is 7.54. The first-order valence-corrected chi connectivity index (χ1v) is 14.8. The Bertz CT molecular complexity index is 1440. The van der Waals surface area contributed by atoms with Crippen LogP contribution in [0.3, 0.4) is 0 Å². The van der Waals surface area contributed by atoms with Crippen molar-refractivity contribution in [2.75, 3.05) is 43.4 Å². The van der Waals surface area contributed by atoms with Gasteiger partial charge in [-0.3, -0.25) is 4.79 Å². The number of anilines is 2. The average molecular weight is 609 g/mol. The molecule has 3 N–H and O–H groups in total. The van der Waals surface area contributed by atoms with Crippen LogP contribution in [0.5, 0.6) is 11.6 Å². The number of hydrogen-bond donors (Lipinski definition) is 3. The van der Waals surface area contributed by atoms with Crippen LogP contribution in [0, 0.1) is 17.6 Å². The maximum absolute atomic E-state index is 14.8. The molecular formula is C31H34F2N6O3S. The summed E-state index contributed by atoms with van der Waals surface area (Å²) in [5, 5.41) is 8.15. The average Bonchev–Trinajstić information content (AvgIpc) is 3.49. The van der Waals surface area contributed by atoms with E-state index in [4.69, 9.17) is 17.0 Å². The minimum absolute atomic E-state index is 0.00705. The monoisotopic (exact) mass is 608 g/mol. The summed E-state index contributed by atoms with van der Waals surface area (Å²) in [6.07, 6.45) is 6.04. The SMILES string of the molecule is O=C(Cc1ccc(F)cc1)NC(=S)Nc1ccc(Oc2cc(NC(=O)N3CCC(CN4CCCC4)CC3)ccn2)c(F)c1. The number of piperidine rings is 1. The van der Waals surface area contributed by atoms with Gasteiger partial charge in [-0.15, -0.1) is 0 Å². The number of urea groups is 1. The number of carbonyl (C=O) groups excluding carboxylic acids is 2. The second kappa shape index (κ2) is 14.3. The summed E-state index contributed by atoms with van der Waals surface area (Å²) in [6.45, 7) is 4.92. The van der Waals surface area contributed by atoms with Gasteiger partial charge in [0.1, 0.15) is 5.82 Å². The molecule has 12 heteroatoms. The number of hydrogen-bond acceptors (Lipinski definition) is 6. The molecule has 9 nitrogen and oxygen atoms in total. The molecule has 2 aliphatic rings. The number of likely N-dealkylation sites (tertiary alicyclic amines) is 2. The molecule has 0 unspecified atom stereocenters. The largest absolute Gasteiger partial charge is 0.436 e. The molecule has 2 fully saturated rings. The molecule has 0 radical (unpaired) electrons. The van der Waals surface area contributed by atoms with E-state index in [1.165, 1.54) is 80.7 Å². The second-order valence-corrected chi connectivity index (χ2v) is 11.2. The van der Waals surface area contributed by atoms with Gasteiger partial charge in [-0.25, -0.2) is 18.6 Å². The maximum Gasteiger partial charge on any atom is 0.321 e. The standard InChI is InChI=1S/C31H34F2N6O3S/c32-23-5-3-21(4-6-23)17-28(40)37-30(43)35-24-7-8-27(26(33)18-24)42-29-19-25(9-12-34-29)36-31(41)39-15-10-22(11-16-39)20-38-13-1-2-14-38/h3-9,12,18-19,22H,1-2,10-11,13-17,20H2,(H,34,36,41)(H2,35,37,40,43). The minimum Gasteiger partial charge on any atom is -0.436 e. The van der Waals surface area contributed by atoms with Crippen LogP contribution in [0.1, 0.15) is 31.2 Å². The molecule has 3 heterocycles.